The summed E-state index contributed by atoms with van der Waals surface area (Å²) >= 11 is 0. The molecule has 45 heavy (non-hydrogen) atoms. The molecule has 8 aromatic rings. The molecule has 2 aliphatic carbocycles. The van der Waals surface area contributed by atoms with Crippen molar-refractivity contribution in [3.05, 3.63) is 186 Å². The summed E-state index contributed by atoms with van der Waals surface area (Å²) in [6, 6.07) is 60.5. The van der Waals surface area contributed by atoms with Crippen LogP contribution in [0, 0.1) is 0 Å². The highest BCUT2D eigenvalue weighted by molar-refractivity contribution is 7.79. The van der Waals surface area contributed by atoms with E-state index in [4.69, 9.17) is 4.42 Å². The van der Waals surface area contributed by atoms with Crippen LogP contribution in [0.1, 0.15) is 22.3 Å². The summed E-state index contributed by atoms with van der Waals surface area (Å²) in [5.74, 6) is 0. The van der Waals surface area contributed by atoms with Gasteiger partial charge in [0.25, 0.3) is 0 Å². The molecule has 1 atom stereocenters. The van der Waals surface area contributed by atoms with Crippen molar-refractivity contribution in [1.29, 1.82) is 0 Å². The molecule has 10 rings (SSSR count). The lowest BCUT2D eigenvalue weighted by atomic mass is 9.70. The van der Waals surface area contributed by atoms with Crippen LogP contribution < -0.4 is 15.9 Å². The second-order valence-electron chi connectivity index (χ2n) is 12.0. The van der Waals surface area contributed by atoms with Crippen LogP contribution in [0.4, 0.5) is 0 Å². The smallest absolute Gasteiger partial charge is 0.136 e. The number of hydrogen-bond donors (Lipinski definition) is 0. The highest BCUT2D eigenvalue weighted by Crippen LogP contribution is 2.64. The summed E-state index contributed by atoms with van der Waals surface area (Å²) in [6.45, 7) is 0. The van der Waals surface area contributed by atoms with Gasteiger partial charge >= 0.3 is 0 Å². The maximum absolute atomic E-state index is 6.43. The summed E-state index contributed by atoms with van der Waals surface area (Å²) < 4.78 is 6.43. The van der Waals surface area contributed by atoms with Crippen molar-refractivity contribution in [3.8, 4) is 22.3 Å². The van der Waals surface area contributed by atoms with Crippen molar-refractivity contribution in [2.45, 2.75) is 5.41 Å². The van der Waals surface area contributed by atoms with Crippen molar-refractivity contribution in [2.75, 3.05) is 0 Å². The van der Waals surface area contributed by atoms with Crippen LogP contribution in [0.15, 0.2) is 168 Å². The van der Waals surface area contributed by atoms with Crippen molar-refractivity contribution < 1.29 is 4.42 Å². The van der Waals surface area contributed by atoms with E-state index in [0.29, 0.717) is 0 Å². The summed E-state index contributed by atoms with van der Waals surface area (Å²) in [6.07, 6.45) is 0. The quantitative estimate of drug-likeness (QED) is 0.187. The highest BCUT2D eigenvalue weighted by Gasteiger charge is 2.52. The van der Waals surface area contributed by atoms with E-state index < -0.39 is 13.3 Å². The molecule has 0 amide bonds. The predicted molar refractivity (Wildman–Crippen MR) is 189 cm³/mol. The topological polar surface area (TPSA) is 13.1 Å². The molecule has 7 aromatic carbocycles. The fourth-order valence-corrected chi connectivity index (χ4v) is 10.5. The third kappa shape index (κ3) is 3.31. The number of furan rings is 1. The van der Waals surface area contributed by atoms with E-state index in [1.165, 1.54) is 71.2 Å². The number of fused-ring (bicyclic) bond motifs is 14. The zero-order valence-corrected chi connectivity index (χ0v) is 25.3. The number of para-hydroxylation sites is 1. The van der Waals surface area contributed by atoms with Gasteiger partial charge in [-0.2, -0.15) is 0 Å². The monoisotopic (exact) mass is 590 g/mol. The van der Waals surface area contributed by atoms with Gasteiger partial charge in [0, 0.05) is 10.8 Å². The molecule has 1 heterocycles. The van der Waals surface area contributed by atoms with Gasteiger partial charge in [0.15, 0.2) is 0 Å². The molecule has 1 unspecified atom stereocenters. The summed E-state index contributed by atoms with van der Waals surface area (Å²) in [5, 5.41) is 6.48. The number of benzene rings is 7. The van der Waals surface area contributed by atoms with Crippen LogP contribution >= 0.6 is 7.92 Å². The Morgan fingerprint density at radius 3 is 1.76 bits per heavy atom. The molecule has 0 aliphatic heterocycles. The van der Waals surface area contributed by atoms with E-state index in [-0.39, 0.29) is 0 Å². The van der Waals surface area contributed by atoms with E-state index >= 15 is 0 Å². The molecule has 0 bridgehead atoms. The largest absolute Gasteiger partial charge is 0.456 e. The minimum Gasteiger partial charge on any atom is -0.456 e. The molecule has 1 spiro atoms. The fraction of sp³-hybridized carbons (Fsp3) is 0.0233. The average molecular weight is 591 g/mol. The Kier molecular flexibility index (Phi) is 5.24. The molecule has 210 valence electrons. The second-order valence-corrected chi connectivity index (χ2v) is 14.3. The van der Waals surface area contributed by atoms with Crippen LogP contribution in [0.3, 0.4) is 0 Å². The molecule has 1 nitrogen and oxygen atoms in total. The number of rotatable bonds is 3. The van der Waals surface area contributed by atoms with Crippen molar-refractivity contribution >= 4 is 45.8 Å². The van der Waals surface area contributed by atoms with Crippen LogP contribution in [-0.4, -0.2) is 0 Å². The first-order chi connectivity index (χ1) is 22.3. The van der Waals surface area contributed by atoms with E-state index in [1.54, 1.807) is 0 Å². The van der Waals surface area contributed by atoms with Crippen LogP contribution in [0.2, 0.25) is 0 Å². The molecule has 2 heteroatoms. The molecule has 0 N–H and O–H groups in total. The maximum Gasteiger partial charge on any atom is 0.136 e. The molecule has 0 saturated heterocycles. The Morgan fingerprint density at radius 2 is 1.00 bits per heavy atom. The Bertz CT molecular complexity index is 2400. The third-order valence-corrected chi connectivity index (χ3v) is 12.3. The first kappa shape index (κ1) is 25.1. The van der Waals surface area contributed by atoms with Crippen LogP contribution in [0.25, 0.3) is 44.2 Å². The van der Waals surface area contributed by atoms with Gasteiger partial charge in [-0.15, -0.1) is 0 Å². The molecule has 1 aromatic heterocycles. The normalized spacial score (nSPS) is 15.8. The van der Waals surface area contributed by atoms with Gasteiger partial charge in [-0.05, 0) is 86.5 Å². The molecule has 0 saturated carbocycles. The lowest BCUT2D eigenvalue weighted by Gasteiger charge is -2.31. The lowest BCUT2D eigenvalue weighted by Crippen LogP contribution is -2.28. The number of hydrogen-bond acceptors (Lipinski definition) is 1. The van der Waals surface area contributed by atoms with Crippen LogP contribution in [0.5, 0.6) is 0 Å². The Hall–Kier alpha value is -5.23. The minimum absolute atomic E-state index is 0.422. The summed E-state index contributed by atoms with van der Waals surface area (Å²) in [5.41, 5.74) is 12.1. The van der Waals surface area contributed by atoms with E-state index in [9.17, 15) is 0 Å². The van der Waals surface area contributed by atoms with Gasteiger partial charge in [0.05, 0.1) is 5.41 Å². The van der Waals surface area contributed by atoms with Gasteiger partial charge < -0.3 is 4.42 Å². The van der Waals surface area contributed by atoms with Crippen molar-refractivity contribution in [1.82, 2.24) is 0 Å². The van der Waals surface area contributed by atoms with Crippen LogP contribution in [-0.2, 0) is 5.41 Å². The van der Waals surface area contributed by atoms with E-state index in [0.717, 1.165) is 11.2 Å². The molecular formula is C43H27OP. The van der Waals surface area contributed by atoms with Gasteiger partial charge in [-0.25, -0.2) is 0 Å². The average Bonchev–Trinajstić information content (AvgIpc) is 3.73. The van der Waals surface area contributed by atoms with E-state index in [2.05, 4.69) is 164 Å². The van der Waals surface area contributed by atoms with E-state index in [1.807, 2.05) is 0 Å². The van der Waals surface area contributed by atoms with Gasteiger partial charge in [0.2, 0.25) is 0 Å². The first-order valence-electron chi connectivity index (χ1n) is 15.5. The molecule has 0 fully saturated rings. The zero-order valence-electron chi connectivity index (χ0n) is 24.4. The minimum atomic E-state index is -0.753. The van der Waals surface area contributed by atoms with Gasteiger partial charge in [0.1, 0.15) is 11.2 Å². The second kappa shape index (κ2) is 9.38. The maximum atomic E-state index is 6.43. The first-order valence-corrected chi connectivity index (χ1v) is 16.9. The molecular weight excluding hydrogens is 563 g/mol. The molecule has 2 aliphatic rings. The SMILES string of the molecule is c1ccc(P(c2ccccc2)c2ccc3c(c2)C2(c4ccccc4-3)c3ccccc3-c3c2ccc2oc4ccccc4c32)cc1. The third-order valence-electron chi connectivity index (χ3n) is 9.86. The predicted octanol–water partition coefficient (Wildman–Crippen LogP) is 9.69. The van der Waals surface area contributed by atoms with Gasteiger partial charge in [-0.1, -0.05) is 146 Å². The van der Waals surface area contributed by atoms with Crippen molar-refractivity contribution in [3.63, 3.8) is 0 Å². The Morgan fingerprint density at radius 1 is 0.400 bits per heavy atom. The molecule has 0 radical (unpaired) electrons. The lowest BCUT2D eigenvalue weighted by molar-refractivity contribution is 0.668. The fourth-order valence-electron chi connectivity index (χ4n) is 8.17. The summed E-state index contributed by atoms with van der Waals surface area (Å²) in [4.78, 5) is 0. The zero-order chi connectivity index (χ0) is 29.5. The van der Waals surface area contributed by atoms with Crippen molar-refractivity contribution in [2.24, 2.45) is 0 Å². The summed E-state index contributed by atoms with van der Waals surface area (Å²) in [7, 11) is -0.753. The Labute approximate surface area is 263 Å². The Balaban J connectivity index is 1.33. The van der Waals surface area contributed by atoms with Gasteiger partial charge in [-0.3, -0.25) is 0 Å². The highest BCUT2D eigenvalue weighted by atomic mass is 31.1. The standard InChI is InChI=1S/C43H27OP/c1-3-13-28(14-4-1)45(29-15-5-2-6-16-29)30-23-24-32-31-17-7-10-20-35(31)43(38(32)27-30)36-21-11-8-18-33(36)41-37(43)25-26-40-42(41)34-19-9-12-22-39(34)44-40/h1-27H.